The fraction of sp³-hybridized carbons (Fsp3) is 0.391. The summed E-state index contributed by atoms with van der Waals surface area (Å²) in [4.78, 5) is 41.0. The van der Waals surface area contributed by atoms with Crippen LogP contribution in [0.1, 0.15) is 43.1 Å². The van der Waals surface area contributed by atoms with Crippen LogP contribution in [0.2, 0.25) is 0 Å². The third kappa shape index (κ3) is 6.44. The monoisotopic (exact) mass is 440 g/mol. The van der Waals surface area contributed by atoms with E-state index in [4.69, 9.17) is 9.47 Å². The summed E-state index contributed by atoms with van der Waals surface area (Å²) in [6.45, 7) is 6.35. The first-order chi connectivity index (χ1) is 15.2. The quantitative estimate of drug-likeness (QED) is 0.689. The number of rotatable bonds is 6. The number of hydrogen-bond acceptors (Lipinski definition) is 7. The molecule has 0 atom stereocenters. The molecule has 2 aromatic rings. The number of nitrogens with zero attached hydrogens (tertiary/aromatic N) is 3. The van der Waals surface area contributed by atoms with E-state index in [1.165, 1.54) is 0 Å². The molecule has 2 amide bonds. The third-order valence-corrected chi connectivity index (χ3v) is 4.57. The molecule has 32 heavy (non-hydrogen) atoms. The largest absolute Gasteiger partial charge is 0.457 e. The van der Waals surface area contributed by atoms with E-state index >= 15 is 0 Å². The zero-order chi connectivity index (χ0) is 23.1. The minimum Gasteiger partial charge on any atom is -0.457 e. The van der Waals surface area contributed by atoms with Gasteiger partial charge in [-0.3, -0.25) is 19.8 Å². The molecule has 9 nitrogen and oxygen atoms in total. The standard InChI is InChI=1S/C23H28N4O5/c1-23(2,3)32-22(30)25-15-20(28)27-12-6-11-26(27)19-9-4-8-18(13-19)21(29)31-16-17-7-5-10-24-14-17/h4-5,7-10,13-14H,6,11-12,15-16H2,1-3H3,(H,25,30). The number of nitrogens with one attached hydrogen (secondary N) is 1. The van der Waals surface area contributed by atoms with E-state index in [2.05, 4.69) is 10.3 Å². The maximum atomic E-state index is 12.7. The number of ether oxygens (including phenoxy) is 2. The maximum absolute atomic E-state index is 12.7. The van der Waals surface area contributed by atoms with Crippen molar-refractivity contribution in [2.75, 3.05) is 24.6 Å². The van der Waals surface area contributed by atoms with Crippen LogP contribution >= 0.6 is 0 Å². The molecule has 0 unspecified atom stereocenters. The Kier molecular flexibility index (Phi) is 7.29. The number of esters is 1. The number of carbonyl (C=O) groups excluding carboxylic acids is 3. The topological polar surface area (TPSA) is 101 Å². The van der Waals surface area contributed by atoms with Gasteiger partial charge in [0.2, 0.25) is 0 Å². The van der Waals surface area contributed by atoms with Gasteiger partial charge in [-0.25, -0.2) is 9.59 Å². The maximum Gasteiger partial charge on any atom is 0.408 e. The van der Waals surface area contributed by atoms with Gasteiger partial charge in [0.25, 0.3) is 5.91 Å². The molecule has 1 aliphatic rings. The minimum atomic E-state index is -0.644. The number of hydrazine groups is 1. The first-order valence-corrected chi connectivity index (χ1v) is 10.4. The van der Waals surface area contributed by atoms with E-state index in [1.54, 1.807) is 67.4 Å². The molecule has 9 heteroatoms. The highest BCUT2D eigenvalue weighted by molar-refractivity contribution is 5.91. The Balaban J connectivity index is 1.61. The first kappa shape index (κ1) is 23.1. The van der Waals surface area contributed by atoms with E-state index in [-0.39, 0.29) is 19.1 Å². The molecule has 0 saturated carbocycles. The molecule has 1 aliphatic heterocycles. The molecular weight excluding hydrogens is 412 g/mol. The summed E-state index contributed by atoms with van der Waals surface area (Å²) < 4.78 is 10.5. The van der Waals surface area contributed by atoms with Gasteiger partial charge in [0.05, 0.1) is 11.3 Å². The second-order valence-electron chi connectivity index (χ2n) is 8.34. The van der Waals surface area contributed by atoms with Crippen LogP contribution in [0.3, 0.4) is 0 Å². The SMILES string of the molecule is CC(C)(C)OC(=O)NCC(=O)N1CCCN1c1cccc(C(=O)OCc2cccnc2)c1. The summed E-state index contributed by atoms with van der Waals surface area (Å²) in [7, 11) is 0. The fourth-order valence-corrected chi connectivity index (χ4v) is 3.20. The van der Waals surface area contributed by atoms with Crippen LogP contribution < -0.4 is 10.3 Å². The Morgan fingerprint density at radius 1 is 1.12 bits per heavy atom. The van der Waals surface area contributed by atoms with Gasteiger partial charge in [0.1, 0.15) is 18.8 Å². The van der Waals surface area contributed by atoms with Crippen molar-refractivity contribution in [3.8, 4) is 0 Å². The fourth-order valence-electron chi connectivity index (χ4n) is 3.20. The zero-order valence-corrected chi connectivity index (χ0v) is 18.5. The molecule has 1 aromatic heterocycles. The van der Waals surface area contributed by atoms with Crippen molar-refractivity contribution in [2.24, 2.45) is 0 Å². The molecule has 1 saturated heterocycles. The van der Waals surface area contributed by atoms with Crippen LogP contribution in [0, 0.1) is 0 Å². The lowest BCUT2D eigenvalue weighted by atomic mass is 10.2. The number of carbonyl (C=O) groups is 3. The second kappa shape index (κ2) is 10.1. The average Bonchev–Trinajstić information content (AvgIpc) is 3.25. The Morgan fingerprint density at radius 3 is 2.66 bits per heavy atom. The van der Waals surface area contributed by atoms with E-state index in [9.17, 15) is 14.4 Å². The van der Waals surface area contributed by atoms with Crippen molar-refractivity contribution in [3.63, 3.8) is 0 Å². The number of aromatic nitrogens is 1. The van der Waals surface area contributed by atoms with E-state index in [0.717, 1.165) is 12.0 Å². The van der Waals surface area contributed by atoms with E-state index in [0.29, 0.717) is 24.3 Å². The molecule has 1 N–H and O–H groups in total. The Bertz CT molecular complexity index is 958. The summed E-state index contributed by atoms with van der Waals surface area (Å²) in [5.74, 6) is -0.725. The molecule has 1 aromatic carbocycles. The van der Waals surface area contributed by atoms with E-state index in [1.807, 2.05) is 12.1 Å². The zero-order valence-electron chi connectivity index (χ0n) is 18.5. The number of amides is 2. The summed E-state index contributed by atoms with van der Waals surface area (Å²) >= 11 is 0. The molecule has 0 bridgehead atoms. The van der Waals surface area contributed by atoms with Gasteiger partial charge in [-0.2, -0.15) is 0 Å². The lowest BCUT2D eigenvalue weighted by Crippen LogP contribution is -2.47. The van der Waals surface area contributed by atoms with Crippen molar-refractivity contribution < 1.29 is 23.9 Å². The normalized spacial score (nSPS) is 13.6. The van der Waals surface area contributed by atoms with Crippen molar-refractivity contribution in [1.29, 1.82) is 0 Å². The third-order valence-electron chi connectivity index (χ3n) is 4.57. The summed E-state index contributed by atoms with van der Waals surface area (Å²) in [6, 6.07) is 10.5. The molecule has 0 radical (unpaired) electrons. The molecule has 170 valence electrons. The van der Waals surface area contributed by atoms with Gasteiger partial charge in [-0.1, -0.05) is 12.1 Å². The molecule has 2 heterocycles. The molecule has 1 fully saturated rings. The van der Waals surface area contributed by atoms with Crippen LogP contribution in [0.4, 0.5) is 10.5 Å². The summed E-state index contributed by atoms with van der Waals surface area (Å²) in [6.07, 6.45) is 3.42. The van der Waals surface area contributed by atoms with Crippen LogP contribution in [0.5, 0.6) is 0 Å². The highest BCUT2D eigenvalue weighted by atomic mass is 16.6. The van der Waals surface area contributed by atoms with Crippen LogP contribution in [0.15, 0.2) is 48.8 Å². The Hall–Kier alpha value is -3.62. The summed E-state index contributed by atoms with van der Waals surface area (Å²) in [5, 5.41) is 5.86. The average molecular weight is 441 g/mol. The Morgan fingerprint density at radius 2 is 1.94 bits per heavy atom. The minimum absolute atomic E-state index is 0.127. The van der Waals surface area contributed by atoms with Crippen LogP contribution in [-0.2, 0) is 20.9 Å². The lowest BCUT2D eigenvalue weighted by Gasteiger charge is -2.30. The highest BCUT2D eigenvalue weighted by Gasteiger charge is 2.28. The van der Waals surface area contributed by atoms with Crippen molar-refractivity contribution in [1.82, 2.24) is 15.3 Å². The van der Waals surface area contributed by atoms with Crippen molar-refractivity contribution in [2.45, 2.75) is 39.4 Å². The van der Waals surface area contributed by atoms with Gasteiger partial charge in [0, 0.05) is 31.0 Å². The van der Waals surface area contributed by atoms with E-state index < -0.39 is 17.7 Å². The summed E-state index contributed by atoms with van der Waals surface area (Å²) in [5.41, 5.74) is 1.24. The van der Waals surface area contributed by atoms with Gasteiger partial charge >= 0.3 is 12.1 Å². The number of pyridine rings is 1. The van der Waals surface area contributed by atoms with Gasteiger partial charge < -0.3 is 14.8 Å². The van der Waals surface area contributed by atoms with Gasteiger partial charge in [-0.15, -0.1) is 0 Å². The predicted molar refractivity (Wildman–Crippen MR) is 118 cm³/mol. The first-order valence-electron chi connectivity index (χ1n) is 10.4. The number of anilines is 1. The van der Waals surface area contributed by atoms with Crippen molar-refractivity contribution >= 4 is 23.7 Å². The van der Waals surface area contributed by atoms with Gasteiger partial charge in [-0.05, 0) is 51.5 Å². The Labute approximate surface area is 187 Å². The van der Waals surface area contributed by atoms with Gasteiger partial charge in [0.15, 0.2) is 0 Å². The number of hydrogen-bond donors (Lipinski definition) is 1. The molecule has 3 rings (SSSR count). The van der Waals surface area contributed by atoms with Crippen LogP contribution in [0.25, 0.3) is 0 Å². The smallest absolute Gasteiger partial charge is 0.408 e. The van der Waals surface area contributed by atoms with Crippen LogP contribution in [-0.4, -0.2) is 53.2 Å². The number of alkyl carbamates (subject to hydrolysis) is 1. The second-order valence-corrected chi connectivity index (χ2v) is 8.34. The lowest BCUT2D eigenvalue weighted by molar-refractivity contribution is -0.129. The highest BCUT2D eigenvalue weighted by Crippen LogP contribution is 2.23. The molecular formula is C23H28N4O5. The molecule has 0 spiro atoms. The van der Waals surface area contributed by atoms with Crippen molar-refractivity contribution in [3.05, 3.63) is 59.9 Å². The number of benzene rings is 1. The predicted octanol–water partition coefficient (Wildman–Crippen LogP) is 2.92. The molecule has 0 aliphatic carbocycles.